The summed E-state index contributed by atoms with van der Waals surface area (Å²) in [6.07, 6.45) is 8.66. The third kappa shape index (κ3) is 7.33. The molecule has 0 bridgehead atoms. The van der Waals surface area contributed by atoms with Gasteiger partial charge in [0.25, 0.3) is 0 Å². The van der Waals surface area contributed by atoms with Crippen molar-refractivity contribution >= 4 is 17.6 Å². The van der Waals surface area contributed by atoms with Crippen molar-refractivity contribution in [2.45, 2.75) is 71.6 Å². The van der Waals surface area contributed by atoms with E-state index in [0.29, 0.717) is 5.56 Å². The standard InChI is InChI=1S/C26H35NO3/c1-3-5-13-20(4-2)25(28)27-24-19-12-10-17-22(24)16-8-6-7-14-21-15-9-11-18-23(21)26(29)30/h9-12,15,17-20H,3-8,13-14,16H2,1-2H3,(H,27,28)(H,29,30). The third-order valence-corrected chi connectivity index (χ3v) is 5.68. The lowest BCUT2D eigenvalue weighted by atomic mass is 9.97. The Kier molecular flexibility index (Phi) is 10.1. The van der Waals surface area contributed by atoms with Crippen LogP contribution in [0.15, 0.2) is 48.5 Å². The van der Waals surface area contributed by atoms with E-state index in [9.17, 15) is 14.7 Å². The van der Waals surface area contributed by atoms with Gasteiger partial charge in [-0.05, 0) is 61.8 Å². The zero-order valence-corrected chi connectivity index (χ0v) is 18.3. The number of hydrogen-bond acceptors (Lipinski definition) is 2. The van der Waals surface area contributed by atoms with Crippen LogP contribution in [0.25, 0.3) is 0 Å². The number of carbonyl (C=O) groups excluding carboxylic acids is 1. The molecule has 0 spiro atoms. The molecule has 1 atom stereocenters. The molecule has 0 aromatic heterocycles. The molecule has 0 radical (unpaired) electrons. The first kappa shape index (κ1) is 23.7. The summed E-state index contributed by atoms with van der Waals surface area (Å²) in [6, 6.07) is 15.3. The first-order valence-electron chi connectivity index (χ1n) is 11.3. The van der Waals surface area contributed by atoms with Gasteiger partial charge in [-0.15, -0.1) is 0 Å². The van der Waals surface area contributed by atoms with Crippen molar-refractivity contribution in [1.29, 1.82) is 0 Å². The number of hydrogen-bond donors (Lipinski definition) is 2. The number of anilines is 1. The average Bonchev–Trinajstić information content (AvgIpc) is 2.75. The van der Waals surface area contributed by atoms with Gasteiger partial charge < -0.3 is 10.4 Å². The van der Waals surface area contributed by atoms with Crippen LogP contribution in [0.4, 0.5) is 5.69 Å². The van der Waals surface area contributed by atoms with Crippen LogP contribution >= 0.6 is 0 Å². The Bertz CT molecular complexity index is 815. The molecule has 0 aliphatic rings. The molecule has 0 saturated heterocycles. The summed E-state index contributed by atoms with van der Waals surface area (Å²) in [5.74, 6) is -0.657. The van der Waals surface area contributed by atoms with Crippen LogP contribution < -0.4 is 5.32 Å². The molecule has 0 fully saturated rings. The fourth-order valence-corrected chi connectivity index (χ4v) is 3.82. The van der Waals surface area contributed by atoms with Crippen LogP contribution in [0, 0.1) is 5.92 Å². The van der Waals surface area contributed by atoms with E-state index in [2.05, 4.69) is 25.2 Å². The molecular weight excluding hydrogens is 374 g/mol. The number of para-hydroxylation sites is 1. The van der Waals surface area contributed by atoms with E-state index in [1.807, 2.05) is 30.3 Å². The number of carbonyl (C=O) groups is 2. The van der Waals surface area contributed by atoms with Crippen molar-refractivity contribution < 1.29 is 14.7 Å². The smallest absolute Gasteiger partial charge is 0.335 e. The second kappa shape index (κ2) is 12.8. The van der Waals surface area contributed by atoms with E-state index in [0.717, 1.165) is 69.0 Å². The van der Waals surface area contributed by atoms with Gasteiger partial charge in [0.15, 0.2) is 0 Å². The largest absolute Gasteiger partial charge is 0.478 e. The summed E-state index contributed by atoms with van der Waals surface area (Å²) in [5, 5.41) is 12.4. The van der Waals surface area contributed by atoms with Gasteiger partial charge >= 0.3 is 5.97 Å². The molecule has 4 nitrogen and oxygen atoms in total. The topological polar surface area (TPSA) is 66.4 Å². The van der Waals surface area contributed by atoms with Crippen LogP contribution in [0.2, 0.25) is 0 Å². The number of benzene rings is 2. The number of unbranched alkanes of at least 4 members (excludes halogenated alkanes) is 3. The Hall–Kier alpha value is -2.62. The van der Waals surface area contributed by atoms with E-state index >= 15 is 0 Å². The summed E-state index contributed by atoms with van der Waals surface area (Å²) >= 11 is 0. The molecule has 1 amide bonds. The number of aromatic carboxylic acids is 1. The van der Waals surface area contributed by atoms with E-state index in [4.69, 9.17) is 0 Å². The number of carboxylic acid groups (broad SMARTS) is 1. The van der Waals surface area contributed by atoms with Gasteiger partial charge in [0.2, 0.25) is 5.91 Å². The number of carboxylic acids is 1. The lowest BCUT2D eigenvalue weighted by Crippen LogP contribution is -2.23. The van der Waals surface area contributed by atoms with Crippen LogP contribution in [-0.2, 0) is 17.6 Å². The lowest BCUT2D eigenvalue weighted by Gasteiger charge is -2.17. The normalized spacial score (nSPS) is 11.8. The lowest BCUT2D eigenvalue weighted by molar-refractivity contribution is -0.120. The van der Waals surface area contributed by atoms with Gasteiger partial charge in [-0.3, -0.25) is 4.79 Å². The summed E-state index contributed by atoms with van der Waals surface area (Å²) in [7, 11) is 0. The SMILES string of the molecule is CCCCC(CC)C(=O)Nc1ccccc1CCCCCc1ccccc1C(=O)O. The summed E-state index contributed by atoms with van der Waals surface area (Å²) in [5.41, 5.74) is 3.39. The molecule has 2 rings (SSSR count). The number of nitrogens with one attached hydrogen (secondary N) is 1. The van der Waals surface area contributed by atoms with Gasteiger partial charge in [0.1, 0.15) is 0 Å². The number of amides is 1. The summed E-state index contributed by atoms with van der Waals surface area (Å²) < 4.78 is 0. The predicted octanol–water partition coefficient (Wildman–Crippen LogP) is 6.50. The summed E-state index contributed by atoms with van der Waals surface area (Å²) in [6.45, 7) is 4.23. The van der Waals surface area contributed by atoms with Crippen LogP contribution in [0.1, 0.15) is 80.3 Å². The van der Waals surface area contributed by atoms with Crippen LogP contribution in [0.3, 0.4) is 0 Å². The number of rotatable bonds is 13. The maximum Gasteiger partial charge on any atom is 0.335 e. The molecule has 4 heteroatoms. The minimum absolute atomic E-state index is 0.0762. The van der Waals surface area contributed by atoms with Gasteiger partial charge in [-0.1, -0.05) is 69.5 Å². The fraction of sp³-hybridized carbons (Fsp3) is 0.462. The van der Waals surface area contributed by atoms with Crippen LogP contribution in [0.5, 0.6) is 0 Å². The van der Waals surface area contributed by atoms with Crippen molar-refractivity contribution in [3.05, 3.63) is 65.2 Å². The molecular formula is C26H35NO3. The zero-order valence-electron chi connectivity index (χ0n) is 18.3. The van der Waals surface area contributed by atoms with Gasteiger partial charge in [-0.25, -0.2) is 4.79 Å². The van der Waals surface area contributed by atoms with E-state index in [1.165, 1.54) is 5.56 Å². The Morgan fingerprint density at radius 1 is 0.867 bits per heavy atom. The van der Waals surface area contributed by atoms with E-state index in [1.54, 1.807) is 12.1 Å². The molecule has 1 unspecified atom stereocenters. The van der Waals surface area contributed by atoms with Crippen molar-refractivity contribution in [2.24, 2.45) is 5.92 Å². The van der Waals surface area contributed by atoms with Crippen molar-refractivity contribution in [3.63, 3.8) is 0 Å². The molecule has 162 valence electrons. The fourth-order valence-electron chi connectivity index (χ4n) is 3.82. The van der Waals surface area contributed by atoms with Crippen molar-refractivity contribution in [2.75, 3.05) is 5.32 Å². The van der Waals surface area contributed by atoms with Crippen molar-refractivity contribution in [1.82, 2.24) is 0 Å². The van der Waals surface area contributed by atoms with E-state index in [-0.39, 0.29) is 11.8 Å². The molecule has 0 aliphatic carbocycles. The highest BCUT2D eigenvalue weighted by molar-refractivity contribution is 5.93. The monoisotopic (exact) mass is 409 g/mol. The first-order valence-corrected chi connectivity index (χ1v) is 11.3. The van der Waals surface area contributed by atoms with Gasteiger partial charge in [-0.2, -0.15) is 0 Å². The highest BCUT2D eigenvalue weighted by Crippen LogP contribution is 2.22. The second-order valence-corrected chi connectivity index (χ2v) is 7.92. The van der Waals surface area contributed by atoms with Gasteiger partial charge in [0, 0.05) is 11.6 Å². The molecule has 2 aromatic carbocycles. The van der Waals surface area contributed by atoms with Gasteiger partial charge in [0.05, 0.1) is 5.56 Å². The Morgan fingerprint density at radius 3 is 2.17 bits per heavy atom. The number of aryl methyl sites for hydroxylation is 2. The van der Waals surface area contributed by atoms with Crippen molar-refractivity contribution in [3.8, 4) is 0 Å². The second-order valence-electron chi connectivity index (χ2n) is 7.92. The Balaban J connectivity index is 1.85. The Morgan fingerprint density at radius 2 is 1.50 bits per heavy atom. The first-order chi connectivity index (χ1) is 14.6. The molecule has 0 heterocycles. The quantitative estimate of drug-likeness (QED) is 0.371. The summed E-state index contributed by atoms with van der Waals surface area (Å²) in [4.78, 5) is 24.0. The highest BCUT2D eigenvalue weighted by atomic mass is 16.4. The molecule has 0 aliphatic heterocycles. The molecule has 2 aromatic rings. The zero-order chi connectivity index (χ0) is 21.8. The molecule has 2 N–H and O–H groups in total. The minimum atomic E-state index is -0.861. The predicted molar refractivity (Wildman–Crippen MR) is 123 cm³/mol. The molecule has 0 saturated carbocycles. The minimum Gasteiger partial charge on any atom is -0.478 e. The average molecular weight is 410 g/mol. The van der Waals surface area contributed by atoms with Crippen LogP contribution in [-0.4, -0.2) is 17.0 Å². The maximum atomic E-state index is 12.7. The molecule has 30 heavy (non-hydrogen) atoms. The third-order valence-electron chi connectivity index (χ3n) is 5.68. The highest BCUT2D eigenvalue weighted by Gasteiger charge is 2.17. The Labute approximate surface area is 180 Å². The maximum absolute atomic E-state index is 12.7. The van der Waals surface area contributed by atoms with E-state index < -0.39 is 5.97 Å².